The van der Waals surface area contributed by atoms with E-state index in [-0.39, 0.29) is 11.6 Å². The maximum Gasteiger partial charge on any atom is 0.274 e. The average Bonchev–Trinajstić information content (AvgIpc) is 2.70. The first-order valence-electron chi connectivity index (χ1n) is 8.47. The van der Waals surface area contributed by atoms with E-state index < -0.39 is 0 Å². The molecule has 0 aliphatic heterocycles. The van der Waals surface area contributed by atoms with Gasteiger partial charge in [-0.15, -0.1) is 0 Å². The van der Waals surface area contributed by atoms with Crippen LogP contribution in [0.3, 0.4) is 0 Å². The highest BCUT2D eigenvalue weighted by molar-refractivity contribution is 6.03. The van der Waals surface area contributed by atoms with Crippen molar-refractivity contribution in [2.75, 3.05) is 24.4 Å². The molecule has 2 N–H and O–H groups in total. The van der Waals surface area contributed by atoms with Gasteiger partial charge in [-0.05, 0) is 37.3 Å². The fraction of sp³-hybridized carbons (Fsp3) is 0.150. The Morgan fingerprint density at radius 1 is 1.11 bits per heavy atom. The van der Waals surface area contributed by atoms with E-state index in [9.17, 15) is 4.79 Å². The molecule has 2 aromatic carbocycles. The summed E-state index contributed by atoms with van der Waals surface area (Å²) in [6.45, 7) is 2.40. The van der Waals surface area contributed by atoms with Crippen molar-refractivity contribution in [3.05, 3.63) is 66.5 Å². The van der Waals surface area contributed by atoms with Crippen LogP contribution >= 0.6 is 0 Å². The van der Waals surface area contributed by atoms with Crippen molar-refractivity contribution >= 4 is 23.2 Å². The van der Waals surface area contributed by atoms with Gasteiger partial charge in [-0.3, -0.25) is 4.79 Å². The summed E-state index contributed by atoms with van der Waals surface area (Å²) in [6, 6.07) is 16.2. The van der Waals surface area contributed by atoms with Gasteiger partial charge in [0, 0.05) is 18.0 Å². The number of carbonyl (C=O) groups excluding carboxylic acids is 1. The third-order valence-electron chi connectivity index (χ3n) is 3.65. The highest BCUT2D eigenvalue weighted by Gasteiger charge is 2.12. The number of nitrogens with zero attached hydrogens (tertiary/aromatic N) is 2. The standard InChI is InChI=1S/C20H20N4O3/c1-3-27-18-10-5-4-9-16(18)23-19(25)17-11-12-21-20(24-17)22-14-7-6-8-15(13-14)26-2/h4-13H,3H2,1-2H3,(H,23,25)(H,21,22,24). The summed E-state index contributed by atoms with van der Waals surface area (Å²) >= 11 is 0. The summed E-state index contributed by atoms with van der Waals surface area (Å²) in [6.07, 6.45) is 1.53. The molecule has 0 spiro atoms. The van der Waals surface area contributed by atoms with E-state index in [2.05, 4.69) is 20.6 Å². The Labute approximate surface area is 157 Å². The highest BCUT2D eigenvalue weighted by atomic mass is 16.5. The number of methoxy groups -OCH3 is 1. The van der Waals surface area contributed by atoms with Crippen LogP contribution in [0.4, 0.5) is 17.3 Å². The summed E-state index contributed by atoms with van der Waals surface area (Å²) < 4.78 is 10.7. The number of carbonyl (C=O) groups is 1. The van der Waals surface area contributed by atoms with E-state index >= 15 is 0 Å². The van der Waals surface area contributed by atoms with Gasteiger partial charge in [0.1, 0.15) is 17.2 Å². The molecule has 1 aromatic heterocycles. The molecule has 7 heteroatoms. The van der Waals surface area contributed by atoms with Gasteiger partial charge in [0.2, 0.25) is 5.95 Å². The van der Waals surface area contributed by atoms with Crippen LogP contribution in [0.15, 0.2) is 60.8 Å². The summed E-state index contributed by atoms with van der Waals surface area (Å²) in [4.78, 5) is 21.0. The lowest BCUT2D eigenvalue weighted by atomic mass is 10.2. The number of para-hydroxylation sites is 2. The molecule has 0 aliphatic rings. The van der Waals surface area contributed by atoms with E-state index in [1.54, 1.807) is 25.3 Å². The van der Waals surface area contributed by atoms with Crippen molar-refractivity contribution in [2.45, 2.75) is 6.92 Å². The second-order valence-electron chi connectivity index (χ2n) is 5.51. The van der Waals surface area contributed by atoms with E-state index in [1.807, 2.05) is 43.3 Å². The Balaban J connectivity index is 1.76. The van der Waals surface area contributed by atoms with Gasteiger partial charge < -0.3 is 20.1 Å². The number of anilines is 3. The molecule has 3 aromatic rings. The zero-order valence-electron chi connectivity index (χ0n) is 15.1. The first-order chi connectivity index (χ1) is 13.2. The third kappa shape index (κ3) is 4.72. The van der Waals surface area contributed by atoms with Gasteiger partial charge in [0.25, 0.3) is 5.91 Å². The zero-order valence-corrected chi connectivity index (χ0v) is 15.1. The van der Waals surface area contributed by atoms with Crippen LogP contribution in [0.5, 0.6) is 11.5 Å². The van der Waals surface area contributed by atoms with Gasteiger partial charge in [-0.2, -0.15) is 0 Å². The third-order valence-corrected chi connectivity index (χ3v) is 3.65. The minimum absolute atomic E-state index is 0.238. The largest absolute Gasteiger partial charge is 0.497 e. The molecule has 27 heavy (non-hydrogen) atoms. The second-order valence-corrected chi connectivity index (χ2v) is 5.51. The van der Waals surface area contributed by atoms with Crippen molar-refractivity contribution in [1.82, 2.24) is 9.97 Å². The summed E-state index contributed by atoms with van der Waals surface area (Å²) in [7, 11) is 1.60. The number of hydrogen-bond acceptors (Lipinski definition) is 6. The maximum atomic E-state index is 12.6. The first-order valence-corrected chi connectivity index (χ1v) is 8.47. The van der Waals surface area contributed by atoms with E-state index in [0.29, 0.717) is 29.7 Å². The number of ether oxygens (including phenoxy) is 2. The van der Waals surface area contributed by atoms with E-state index in [4.69, 9.17) is 9.47 Å². The van der Waals surface area contributed by atoms with Crippen LogP contribution in [-0.4, -0.2) is 29.6 Å². The van der Waals surface area contributed by atoms with Crippen LogP contribution in [-0.2, 0) is 0 Å². The average molecular weight is 364 g/mol. The van der Waals surface area contributed by atoms with Crippen molar-refractivity contribution in [3.8, 4) is 11.5 Å². The van der Waals surface area contributed by atoms with Crippen molar-refractivity contribution in [1.29, 1.82) is 0 Å². The monoisotopic (exact) mass is 364 g/mol. The summed E-state index contributed by atoms with van der Waals surface area (Å²) in [5.41, 5.74) is 1.58. The summed E-state index contributed by atoms with van der Waals surface area (Å²) in [5.74, 6) is 1.28. The quantitative estimate of drug-likeness (QED) is 0.662. The van der Waals surface area contributed by atoms with Gasteiger partial charge in [-0.1, -0.05) is 18.2 Å². The van der Waals surface area contributed by atoms with Crippen LogP contribution in [0.2, 0.25) is 0 Å². The predicted molar refractivity (Wildman–Crippen MR) is 104 cm³/mol. The molecule has 0 bridgehead atoms. The fourth-order valence-corrected chi connectivity index (χ4v) is 2.41. The minimum atomic E-state index is -0.349. The number of benzene rings is 2. The lowest BCUT2D eigenvalue weighted by Gasteiger charge is -2.11. The minimum Gasteiger partial charge on any atom is -0.497 e. The molecule has 0 saturated carbocycles. The summed E-state index contributed by atoms with van der Waals surface area (Å²) in [5, 5.41) is 5.88. The van der Waals surface area contributed by atoms with Crippen molar-refractivity contribution in [2.24, 2.45) is 0 Å². The van der Waals surface area contributed by atoms with Crippen LogP contribution in [0, 0.1) is 0 Å². The number of rotatable bonds is 7. The lowest BCUT2D eigenvalue weighted by molar-refractivity contribution is 0.102. The lowest BCUT2D eigenvalue weighted by Crippen LogP contribution is -2.15. The van der Waals surface area contributed by atoms with Gasteiger partial charge >= 0.3 is 0 Å². The molecule has 1 heterocycles. The second kappa shape index (κ2) is 8.66. The molecule has 0 saturated heterocycles. The zero-order chi connectivity index (χ0) is 19.1. The molecule has 7 nitrogen and oxygen atoms in total. The molecular formula is C20H20N4O3. The predicted octanol–water partition coefficient (Wildman–Crippen LogP) is 3.88. The molecule has 0 aliphatic carbocycles. The van der Waals surface area contributed by atoms with Crippen molar-refractivity contribution in [3.63, 3.8) is 0 Å². The van der Waals surface area contributed by atoms with E-state index in [1.165, 1.54) is 6.20 Å². The number of aromatic nitrogens is 2. The number of nitrogens with one attached hydrogen (secondary N) is 2. The molecule has 3 rings (SSSR count). The van der Waals surface area contributed by atoms with Gasteiger partial charge in [0.05, 0.1) is 19.4 Å². The Hall–Kier alpha value is -3.61. The highest BCUT2D eigenvalue weighted by Crippen LogP contribution is 2.24. The molecule has 1 amide bonds. The Morgan fingerprint density at radius 3 is 2.78 bits per heavy atom. The smallest absolute Gasteiger partial charge is 0.274 e. The Bertz CT molecular complexity index is 930. The normalized spacial score (nSPS) is 10.1. The molecule has 0 atom stereocenters. The number of amides is 1. The number of hydrogen-bond donors (Lipinski definition) is 2. The topological polar surface area (TPSA) is 85.4 Å². The molecule has 0 radical (unpaired) electrons. The SMILES string of the molecule is CCOc1ccccc1NC(=O)c1ccnc(Nc2cccc(OC)c2)n1. The van der Waals surface area contributed by atoms with Gasteiger partial charge in [0.15, 0.2) is 0 Å². The van der Waals surface area contributed by atoms with E-state index in [0.717, 1.165) is 5.69 Å². The van der Waals surface area contributed by atoms with Gasteiger partial charge in [-0.25, -0.2) is 9.97 Å². The van der Waals surface area contributed by atoms with Crippen LogP contribution in [0.25, 0.3) is 0 Å². The maximum absolute atomic E-state index is 12.6. The fourth-order valence-electron chi connectivity index (χ4n) is 2.41. The first kappa shape index (κ1) is 18.2. The molecule has 0 unspecified atom stereocenters. The van der Waals surface area contributed by atoms with Crippen LogP contribution in [0.1, 0.15) is 17.4 Å². The molecule has 138 valence electrons. The molecule has 0 fully saturated rings. The Kier molecular flexibility index (Phi) is 5.84. The van der Waals surface area contributed by atoms with Crippen LogP contribution < -0.4 is 20.1 Å². The Morgan fingerprint density at radius 2 is 1.96 bits per heavy atom. The van der Waals surface area contributed by atoms with Crippen molar-refractivity contribution < 1.29 is 14.3 Å². The molecular weight excluding hydrogens is 344 g/mol.